The average molecular weight is 315 g/mol. The summed E-state index contributed by atoms with van der Waals surface area (Å²) in [6.45, 7) is -2.60. The molecule has 2 aliphatic rings. The van der Waals surface area contributed by atoms with Crippen LogP contribution >= 0.6 is 0 Å². The number of alkyl halides is 4. The molecule has 2 aromatic heterocycles. The normalized spacial score (nSPS) is 22.7. The van der Waals surface area contributed by atoms with Crippen LogP contribution in [0.5, 0.6) is 0 Å². The minimum atomic E-state index is -2.79. The zero-order chi connectivity index (χ0) is 15.5. The quantitative estimate of drug-likeness (QED) is 0.799. The van der Waals surface area contributed by atoms with Gasteiger partial charge in [0, 0.05) is 24.9 Å². The van der Waals surface area contributed by atoms with Gasteiger partial charge >= 0.3 is 6.55 Å². The fraction of sp³-hybridized carbons (Fsp3) is 0.615. The second-order valence-electron chi connectivity index (χ2n) is 5.96. The monoisotopic (exact) mass is 315 g/mol. The van der Waals surface area contributed by atoms with E-state index in [2.05, 4.69) is 15.1 Å². The Labute approximate surface area is 122 Å². The molecule has 0 radical (unpaired) electrons. The number of fused-ring (bicyclic) bond motifs is 1. The van der Waals surface area contributed by atoms with Gasteiger partial charge in [0.05, 0.1) is 12.4 Å². The van der Waals surface area contributed by atoms with Crippen molar-refractivity contribution < 1.29 is 17.6 Å². The first-order valence-electron chi connectivity index (χ1n) is 7.04. The van der Waals surface area contributed by atoms with Crippen LogP contribution < -0.4 is 4.90 Å². The molecule has 22 heavy (non-hydrogen) atoms. The van der Waals surface area contributed by atoms with Crippen LogP contribution in [0.4, 0.5) is 23.4 Å². The molecule has 3 heterocycles. The fourth-order valence-electron chi connectivity index (χ4n) is 3.22. The van der Waals surface area contributed by atoms with Crippen molar-refractivity contribution in [2.75, 3.05) is 11.4 Å². The molecule has 1 saturated heterocycles. The van der Waals surface area contributed by atoms with Crippen molar-refractivity contribution in [1.82, 2.24) is 19.7 Å². The van der Waals surface area contributed by atoms with Gasteiger partial charge in [-0.15, -0.1) is 0 Å². The van der Waals surface area contributed by atoms with Gasteiger partial charge in [-0.1, -0.05) is 0 Å². The van der Waals surface area contributed by atoms with Gasteiger partial charge in [-0.05, 0) is 12.8 Å². The average Bonchev–Trinajstić information content (AvgIpc) is 3.05. The highest BCUT2D eigenvalue weighted by molar-refractivity contribution is 5.71. The third-order valence-corrected chi connectivity index (χ3v) is 4.44. The van der Waals surface area contributed by atoms with Crippen molar-refractivity contribution in [2.45, 2.75) is 43.7 Å². The van der Waals surface area contributed by atoms with Gasteiger partial charge in [0.2, 0.25) is 0 Å². The number of hydrogen-bond donors (Lipinski definition) is 0. The molecule has 9 heteroatoms. The number of nitrogens with zero attached hydrogens (tertiary/aromatic N) is 5. The van der Waals surface area contributed by atoms with Gasteiger partial charge < -0.3 is 4.90 Å². The number of rotatable bonds is 2. The summed E-state index contributed by atoms with van der Waals surface area (Å²) < 4.78 is 53.2. The van der Waals surface area contributed by atoms with Crippen LogP contribution in [0, 0.1) is 0 Å². The van der Waals surface area contributed by atoms with Gasteiger partial charge in [-0.2, -0.15) is 18.6 Å². The molecule has 1 spiro atoms. The molecule has 118 valence electrons. The minimum Gasteiger partial charge on any atom is -0.349 e. The van der Waals surface area contributed by atoms with Gasteiger partial charge in [0.1, 0.15) is 11.3 Å². The lowest BCUT2D eigenvalue weighted by Crippen LogP contribution is -2.49. The molecule has 1 saturated carbocycles. The molecule has 0 aromatic carbocycles. The van der Waals surface area contributed by atoms with Crippen molar-refractivity contribution in [3.63, 3.8) is 0 Å². The van der Waals surface area contributed by atoms with Crippen LogP contribution in [0.25, 0.3) is 11.2 Å². The van der Waals surface area contributed by atoms with Gasteiger partial charge in [-0.25, -0.2) is 18.7 Å². The minimum absolute atomic E-state index is 0.00839. The highest BCUT2D eigenvalue weighted by Crippen LogP contribution is 2.53. The summed E-state index contributed by atoms with van der Waals surface area (Å²) in [6, 6.07) is 0. The summed E-state index contributed by atoms with van der Waals surface area (Å²) >= 11 is 0. The molecule has 2 aromatic rings. The van der Waals surface area contributed by atoms with E-state index in [0.717, 1.165) is 0 Å². The Morgan fingerprint density at radius 2 is 1.91 bits per heavy atom. The SMILES string of the molecule is FC(F)n1ncc2nc(N3CCC(F)(F)CC34CC4)cnc21. The predicted octanol–water partition coefficient (Wildman–Crippen LogP) is 2.99. The molecule has 1 aliphatic carbocycles. The van der Waals surface area contributed by atoms with Crippen LogP contribution in [-0.4, -0.2) is 37.8 Å². The second-order valence-corrected chi connectivity index (χ2v) is 5.96. The van der Waals surface area contributed by atoms with Crippen LogP contribution in [0.15, 0.2) is 12.4 Å². The molecule has 0 bridgehead atoms. The maximum atomic E-state index is 13.6. The molecule has 4 rings (SSSR count). The van der Waals surface area contributed by atoms with Crippen LogP contribution in [-0.2, 0) is 0 Å². The van der Waals surface area contributed by atoms with E-state index in [1.54, 1.807) is 0 Å². The second kappa shape index (κ2) is 4.30. The molecule has 0 atom stereocenters. The summed E-state index contributed by atoms with van der Waals surface area (Å²) in [5.74, 6) is -2.19. The lowest BCUT2D eigenvalue weighted by atomic mass is 9.96. The number of piperidine rings is 1. The summed E-state index contributed by atoms with van der Waals surface area (Å²) in [7, 11) is 0. The van der Waals surface area contributed by atoms with Gasteiger partial charge in [0.25, 0.3) is 5.92 Å². The Kier molecular flexibility index (Phi) is 2.68. The van der Waals surface area contributed by atoms with E-state index >= 15 is 0 Å². The highest BCUT2D eigenvalue weighted by Gasteiger charge is 2.57. The number of halogens is 4. The van der Waals surface area contributed by atoms with E-state index in [1.807, 2.05) is 4.90 Å². The molecule has 0 amide bonds. The molecule has 1 aliphatic heterocycles. The molecule has 2 fully saturated rings. The van der Waals surface area contributed by atoms with Crippen molar-refractivity contribution in [3.8, 4) is 0 Å². The topological polar surface area (TPSA) is 46.8 Å². The Morgan fingerprint density at radius 1 is 1.14 bits per heavy atom. The number of hydrogen-bond acceptors (Lipinski definition) is 4. The van der Waals surface area contributed by atoms with Gasteiger partial charge in [0.15, 0.2) is 5.65 Å². The molecule has 0 unspecified atom stereocenters. The zero-order valence-electron chi connectivity index (χ0n) is 11.5. The molecule has 0 N–H and O–H groups in total. The fourth-order valence-corrected chi connectivity index (χ4v) is 3.22. The van der Waals surface area contributed by atoms with Crippen LogP contribution in [0.1, 0.15) is 32.2 Å². The van der Waals surface area contributed by atoms with Crippen LogP contribution in [0.3, 0.4) is 0 Å². The van der Waals surface area contributed by atoms with Crippen LogP contribution in [0.2, 0.25) is 0 Å². The Balaban J connectivity index is 1.70. The zero-order valence-corrected chi connectivity index (χ0v) is 11.5. The van der Waals surface area contributed by atoms with E-state index in [1.165, 1.54) is 12.4 Å². The maximum Gasteiger partial charge on any atom is 0.335 e. The molecular weight excluding hydrogens is 302 g/mol. The van der Waals surface area contributed by atoms with E-state index in [4.69, 9.17) is 0 Å². The first-order chi connectivity index (χ1) is 10.4. The summed E-state index contributed by atoms with van der Waals surface area (Å²) in [6.07, 6.45) is 3.56. The lowest BCUT2D eigenvalue weighted by molar-refractivity contribution is -0.0375. The highest BCUT2D eigenvalue weighted by atomic mass is 19.3. The first kappa shape index (κ1) is 13.7. The standard InChI is InChI=1S/C13H13F4N5/c14-11(15)22-10-8(5-19-22)20-9(6-18-10)21-4-3-13(16,17)7-12(21)1-2-12/h5-6,11H,1-4,7H2. The van der Waals surface area contributed by atoms with E-state index in [9.17, 15) is 17.6 Å². The Hall–Kier alpha value is -1.93. The maximum absolute atomic E-state index is 13.6. The first-order valence-corrected chi connectivity index (χ1v) is 7.04. The largest absolute Gasteiger partial charge is 0.349 e. The number of aromatic nitrogens is 4. The summed E-state index contributed by atoms with van der Waals surface area (Å²) in [5, 5.41) is 3.56. The van der Waals surface area contributed by atoms with E-state index < -0.39 is 18.0 Å². The Morgan fingerprint density at radius 3 is 2.59 bits per heavy atom. The summed E-state index contributed by atoms with van der Waals surface area (Å²) in [4.78, 5) is 10.1. The predicted molar refractivity (Wildman–Crippen MR) is 70.1 cm³/mol. The van der Waals surface area contributed by atoms with E-state index in [-0.39, 0.29) is 30.6 Å². The third kappa shape index (κ3) is 2.02. The van der Waals surface area contributed by atoms with Gasteiger partial charge in [-0.3, -0.25) is 0 Å². The molecular formula is C13H13F4N5. The smallest absolute Gasteiger partial charge is 0.335 e. The lowest BCUT2D eigenvalue weighted by Gasteiger charge is -2.40. The van der Waals surface area contributed by atoms with Crippen molar-refractivity contribution in [1.29, 1.82) is 0 Å². The van der Waals surface area contributed by atoms with Crippen molar-refractivity contribution in [2.24, 2.45) is 0 Å². The summed E-state index contributed by atoms with van der Waals surface area (Å²) in [5.41, 5.74) is -0.320. The molecule has 5 nitrogen and oxygen atoms in total. The van der Waals surface area contributed by atoms with Crippen molar-refractivity contribution >= 4 is 17.0 Å². The van der Waals surface area contributed by atoms with Crippen molar-refractivity contribution in [3.05, 3.63) is 12.4 Å². The Bertz CT molecular complexity index is 724. The number of anilines is 1. The third-order valence-electron chi connectivity index (χ3n) is 4.44. The van der Waals surface area contributed by atoms with E-state index in [0.29, 0.717) is 23.3 Å².